The van der Waals surface area contributed by atoms with Crippen LogP contribution in [0.25, 0.3) is 0 Å². The predicted molar refractivity (Wildman–Crippen MR) is 99.5 cm³/mol. The number of aliphatic hydroxyl groups excluding tert-OH is 2. The second kappa shape index (κ2) is 6.31. The van der Waals surface area contributed by atoms with Crippen molar-refractivity contribution < 1.29 is 24.9 Å². The van der Waals surface area contributed by atoms with Crippen molar-refractivity contribution in [2.24, 2.45) is 0 Å². The fraction of sp³-hybridized carbons (Fsp3) is 0.667. The van der Waals surface area contributed by atoms with E-state index < -0.39 is 30.6 Å². The molecule has 1 rings (SSSR count). The van der Waals surface area contributed by atoms with Crippen LogP contribution in [0.4, 0.5) is 0 Å². The van der Waals surface area contributed by atoms with Gasteiger partial charge in [0.15, 0.2) is 0 Å². The molecule has 1 aromatic rings. The Bertz CT molecular complexity index is 568. The van der Waals surface area contributed by atoms with Gasteiger partial charge in [0.2, 0.25) is 0 Å². The number of hydrogen-bond acceptors (Lipinski definition) is 5. The summed E-state index contributed by atoms with van der Waals surface area (Å²) >= 11 is 0. The first-order valence-corrected chi connectivity index (χ1v) is 10.4. The normalized spacial score (nSPS) is 16.6. The summed E-state index contributed by atoms with van der Waals surface area (Å²) in [5, 5.41) is 19.4. The predicted octanol–water partition coefficient (Wildman–Crippen LogP) is 2.19. The average Bonchev–Trinajstić information content (AvgIpc) is 2.35. The summed E-state index contributed by atoms with van der Waals surface area (Å²) < 4.78 is 0. The average molecular weight is 360 g/mol. The summed E-state index contributed by atoms with van der Waals surface area (Å²) in [5.41, 5.74) is 1.18. The van der Waals surface area contributed by atoms with Gasteiger partial charge in [0.1, 0.15) is 0 Å². The van der Waals surface area contributed by atoms with Gasteiger partial charge in [0, 0.05) is 0 Å². The van der Waals surface area contributed by atoms with E-state index in [1.807, 2.05) is 60.6 Å². The van der Waals surface area contributed by atoms with Crippen molar-refractivity contribution in [3.63, 3.8) is 0 Å². The van der Waals surface area contributed by atoms with Gasteiger partial charge in [-0.1, -0.05) is 0 Å². The Labute approximate surface area is 145 Å². The van der Waals surface area contributed by atoms with Gasteiger partial charge in [-0.25, -0.2) is 0 Å². The third-order valence-electron chi connectivity index (χ3n) is 4.24. The number of hydrogen-bond donors (Lipinski definition) is 5. The number of aliphatic hydroxyl groups is 2. The molecule has 0 saturated heterocycles. The topological polar surface area (TPSA) is 101 Å². The number of rotatable bonds is 4. The molecular weight excluding hydrogens is 327 g/mol. The summed E-state index contributed by atoms with van der Waals surface area (Å²) in [6.45, 7) is 13.0. The molecule has 1 aromatic carbocycles. The van der Waals surface area contributed by atoms with Gasteiger partial charge < -0.3 is 0 Å². The molecule has 0 aliphatic heterocycles. The van der Waals surface area contributed by atoms with Crippen LogP contribution < -0.4 is 5.30 Å². The molecule has 5 nitrogen and oxygen atoms in total. The van der Waals surface area contributed by atoms with Crippen LogP contribution in [0.2, 0.25) is 0 Å². The van der Waals surface area contributed by atoms with Gasteiger partial charge in [-0.05, 0) is 0 Å². The van der Waals surface area contributed by atoms with E-state index in [9.17, 15) is 19.8 Å². The van der Waals surface area contributed by atoms with Crippen molar-refractivity contribution in [1.29, 1.82) is 0 Å². The van der Waals surface area contributed by atoms with Crippen LogP contribution >= 0.6 is 7.28 Å². The Morgan fingerprint density at radius 3 is 1.58 bits per heavy atom. The number of aryl methyl sites for hydroxylation is 1. The molecule has 5 N–H and O–H groups in total. The number of benzene rings is 1. The monoisotopic (exact) mass is 360 g/mol. The maximum absolute atomic E-state index is 10.9. The molecule has 0 spiro atoms. The van der Waals surface area contributed by atoms with E-state index in [0.29, 0.717) is 11.1 Å². The van der Waals surface area contributed by atoms with E-state index in [-0.39, 0.29) is 11.7 Å². The fourth-order valence-electron chi connectivity index (χ4n) is 2.89. The third kappa shape index (κ3) is 4.16. The summed E-state index contributed by atoms with van der Waals surface area (Å²) in [6.07, 6.45) is -0.317. The fourth-order valence-corrected chi connectivity index (χ4v) is 5.50. The van der Waals surface area contributed by atoms with Crippen molar-refractivity contribution >= 4 is 12.6 Å². The van der Waals surface area contributed by atoms with Crippen molar-refractivity contribution in [2.75, 3.05) is 6.61 Å². The SMILES string of the molecule is Cc1cc(C(C)(C)C)c(P(O)(O)(O)C(O)CCO)c(C(C)(C)C)c1. The van der Waals surface area contributed by atoms with Gasteiger partial charge in [0.25, 0.3) is 0 Å². The first-order chi connectivity index (χ1) is 10.5. The van der Waals surface area contributed by atoms with Crippen LogP contribution in [0, 0.1) is 6.92 Å². The van der Waals surface area contributed by atoms with Crippen LogP contribution in [0.3, 0.4) is 0 Å². The first-order valence-electron chi connectivity index (χ1n) is 8.22. The van der Waals surface area contributed by atoms with E-state index >= 15 is 0 Å². The van der Waals surface area contributed by atoms with Gasteiger partial charge in [0.05, 0.1) is 0 Å². The molecule has 0 bridgehead atoms. The Balaban J connectivity index is 3.97. The van der Waals surface area contributed by atoms with Crippen LogP contribution in [0.1, 0.15) is 64.7 Å². The zero-order chi connectivity index (χ0) is 19.2. The molecule has 0 amide bonds. The molecule has 1 atom stereocenters. The molecule has 0 fully saturated rings. The van der Waals surface area contributed by atoms with Crippen LogP contribution in [-0.4, -0.2) is 37.3 Å². The van der Waals surface area contributed by atoms with E-state index in [0.717, 1.165) is 5.56 Å². The summed E-state index contributed by atoms with van der Waals surface area (Å²) in [4.78, 5) is 32.7. The molecule has 24 heavy (non-hydrogen) atoms. The van der Waals surface area contributed by atoms with Crippen molar-refractivity contribution in [3.05, 3.63) is 28.8 Å². The van der Waals surface area contributed by atoms with E-state index in [2.05, 4.69) is 0 Å². The van der Waals surface area contributed by atoms with Gasteiger partial charge in [-0.3, -0.25) is 0 Å². The Morgan fingerprint density at radius 2 is 1.29 bits per heavy atom. The molecule has 0 aliphatic rings. The second-order valence-corrected chi connectivity index (χ2v) is 11.9. The Morgan fingerprint density at radius 1 is 0.917 bits per heavy atom. The van der Waals surface area contributed by atoms with Gasteiger partial charge in [-0.15, -0.1) is 0 Å². The quantitative estimate of drug-likeness (QED) is 0.530. The van der Waals surface area contributed by atoms with Crippen molar-refractivity contribution in [3.8, 4) is 0 Å². The zero-order valence-corrected chi connectivity index (χ0v) is 16.7. The maximum atomic E-state index is 10.9. The molecule has 0 aromatic heterocycles. The molecule has 0 heterocycles. The van der Waals surface area contributed by atoms with Crippen LogP contribution in [0.5, 0.6) is 0 Å². The third-order valence-corrected chi connectivity index (χ3v) is 6.93. The van der Waals surface area contributed by atoms with Gasteiger partial charge in [-0.2, -0.15) is 0 Å². The van der Waals surface area contributed by atoms with Crippen LogP contribution in [0.15, 0.2) is 12.1 Å². The van der Waals surface area contributed by atoms with Gasteiger partial charge >= 0.3 is 144 Å². The molecule has 6 heteroatoms. The molecule has 140 valence electrons. The minimum atomic E-state index is -5.63. The van der Waals surface area contributed by atoms with E-state index in [1.54, 1.807) is 0 Å². The second-order valence-electron chi connectivity index (χ2n) is 8.75. The zero-order valence-electron chi connectivity index (χ0n) is 15.8. The molecule has 0 saturated carbocycles. The van der Waals surface area contributed by atoms with Crippen LogP contribution in [-0.2, 0) is 10.8 Å². The molecule has 0 radical (unpaired) electrons. The molecule has 0 aliphatic carbocycles. The Hall–Kier alpha value is -0.550. The summed E-state index contributed by atoms with van der Waals surface area (Å²) in [7, 11) is -5.63. The van der Waals surface area contributed by atoms with Crippen molar-refractivity contribution in [1.82, 2.24) is 0 Å². The van der Waals surface area contributed by atoms with E-state index in [1.165, 1.54) is 0 Å². The molecular formula is C18H33O5P. The standard InChI is InChI=1S/C18H33O5P/c1-12-10-13(17(2,3)4)16(14(11-12)18(5,6)7)24(21,22,23)15(20)8-9-19/h10-11,15,19-23H,8-9H2,1-7H3. The Kier molecular flexibility index (Phi) is 5.65. The van der Waals surface area contributed by atoms with E-state index in [4.69, 9.17) is 5.11 Å². The summed E-state index contributed by atoms with van der Waals surface area (Å²) in [5.74, 6) is -1.83. The first kappa shape index (κ1) is 21.5. The minimum absolute atomic E-state index is 0.0209. The molecule has 1 unspecified atom stereocenters. The summed E-state index contributed by atoms with van der Waals surface area (Å²) in [6, 6.07) is 3.64. The van der Waals surface area contributed by atoms with Crippen molar-refractivity contribution in [2.45, 2.75) is 71.6 Å².